The maximum absolute atomic E-state index is 13.0. The van der Waals surface area contributed by atoms with Crippen molar-refractivity contribution in [2.24, 2.45) is 0 Å². The topological polar surface area (TPSA) is 113 Å². The lowest BCUT2D eigenvalue weighted by molar-refractivity contribution is -0.119. The predicted molar refractivity (Wildman–Crippen MR) is 116 cm³/mol. The summed E-state index contributed by atoms with van der Waals surface area (Å²) < 4.78 is 49.0. The highest BCUT2D eigenvalue weighted by molar-refractivity contribution is 7.92. The van der Waals surface area contributed by atoms with Crippen LogP contribution in [0.4, 0.5) is 5.69 Å². The highest BCUT2D eigenvalue weighted by atomic mass is 32.2. The molecule has 1 aromatic carbocycles. The van der Waals surface area contributed by atoms with Crippen molar-refractivity contribution in [1.29, 1.82) is 0 Å². The lowest BCUT2D eigenvalue weighted by Gasteiger charge is -2.44. The number of nitrogens with one attached hydrogen (secondary N) is 2. The van der Waals surface area contributed by atoms with Crippen molar-refractivity contribution >= 4 is 31.3 Å². The maximum atomic E-state index is 13.0. The Bertz CT molecular complexity index is 984. The molecule has 0 saturated carbocycles. The van der Waals surface area contributed by atoms with Gasteiger partial charge in [0.05, 0.1) is 29.6 Å². The Hall–Kier alpha value is -1.49. The summed E-state index contributed by atoms with van der Waals surface area (Å²) in [6, 6.07) is 4.49. The summed E-state index contributed by atoms with van der Waals surface area (Å²) in [7, 11) is -6.45. The SMILES string of the molecule is CCc1cccc(CC)c1NC(=O)CN1C2CS(=O)(=O)CC2NC2CS(=O)(=O)CC21. The van der Waals surface area contributed by atoms with Gasteiger partial charge in [0.2, 0.25) is 5.91 Å². The van der Waals surface area contributed by atoms with Gasteiger partial charge in [0.1, 0.15) is 0 Å². The zero-order chi connectivity index (χ0) is 21.7. The van der Waals surface area contributed by atoms with Gasteiger partial charge in [-0.1, -0.05) is 32.0 Å². The smallest absolute Gasteiger partial charge is 0.238 e. The first-order valence-electron chi connectivity index (χ1n) is 10.5. The zero-order valence-corrected chi connectivity index (χ0v) is 18.9. The fraction of sp³-hybridized carbons (Fsp3) is 0.650. The summed E-state index contributed by atoms with van der Waals surface area (Å²) >= 11 is 0. The van der Waals surface area contributed by atoms with E-state index in [1.165, 1.54) is 0 Å². The molecule has 0 aliphatic carbocycles. The molecule has 0 aromatic heterocycles. The van der Waals surface area contributed by atoms with E-state index in [1.54, 1.807) is 0 Å². The molecule has 3 saturated heterocycles. The van der Waals surface area contributed by atoms with E-state index in [-0.39, 0.29) is 59.6 Å². The van der Waals surface area contributed by atoms with Crippen molar-refractivity contribution in [3.05, 3.63) is 29.3 Å². The van der Waals surface area contributed by atoms with E-state index >= 15 is 0 Å². The Labute approximate surface area is 178 Å². The first kappa shape index (κ1) is 21.7. The second kappa shape index (κ2) is 7.89. The number of fused-ring (bicyclic) bond motifs is 2. The van der Waals surface area contributed by atoms with Gasteiger partial charge < -0.3 is 10.6 Å². The number of rotatable bonds is 5. The molecule has 166 valence electrons. The summed E-state index contributed by atoms with van der Waals surface area (Å²) in [6.07, 6.45) is 1.56. The number of carbonyl (C=O) groups is 1. The Morgan fingerprint density at radius 2 is 1.47 bits per heavy atom. The van der Waals surface area contributed by atoms with Crippen molar-refractivity contribution in [3.63, 3.8) is 0 Å². The summed E-state index contributed by atoms with van der Waals surface area (Å²) in [6.45, 7) is 4.04. The van der Waals surface area contributed by atoms with Gasteiger partial charge in [0.25, 0.3) is 0 Å². The van der Waals surface area contributed by atoms with E-state index in [2.05, 4.69) is 10.6 Å². The summed E-state index contributed by atoms with van der Waals surface area (Å²) in [4.78, 5) is 14.9. The Kier molecular flexibility index (Phi) is 5.71. The molecule has 1 amide bonds. The van der Waals surface area contributed by atoms with Crippen LogP contribution in [0.15, 0.2) is 18.2 Å². The summed E-state index contributed by atoms with van der Waals surface area (Å²) in [5.74, 6) is -0.367. The van der Waals surface area contributed by atoms with E-state index in [0.29, 0.717) is 0 Å². The standard InChI is InChI=1S/C20H29N3O5S2/c1-3-13-6-5-7-14(4-2)20(13)22-19(24)8-23-17-11-29(25,26)9-15(17)21-16-10-30(27,28)12-18(16)23/h5-7,15-18,21H,3-4,8-12H2,1-2H3,(H,22,24). The average Bonchev–Trinajstić information content (AvgIpc) is 3.14. The first-order valence-corrected chi connectivity index (χ1v) is 14.1. The highest BCUT2D eigenvalue weighted by Gasteiger charge is 2.54. The predicted octanol–water partition coefficient (Wildman–Crippen LogP) is -0.0137. The van der Waals surface area contributed by atoms with Crippen LogP contribution in [0.25, 0.3) is 0 Å². The number of para-hydroxylation sites is 1. The van der Waals surface area contributed by atoms with Crippen LogP contribution in [-0.4, -0.2) is 81.4 Å². The molecule has 0 bridgehead atoms. The van der Waals surface area contributed by atoms with Crippen molar-refractivity contribution in [3.8, 4) is 0 Å². The van der Waals surface area contributed by atoms with Crippen LogP contribution in [0.2, 0.25) is 0 Å². The van der Waals surface area contributed by atoms with Gasteiger partial charge in [0, 0.05) is 29.9 Å². The second-order valence-electron chi connectivity index (χ2n) is 8.55. The molecule has 3 aliphatic rings. The molecule has 3 heterocycles. The number of hydrogen-bond acceptors (Lipinski definition) is 7. The van der Waals surface area contributed by atoms with Gasteiger partial charge in [-0.2, -0.15) is 0 Å². The van der Waals surface area contributed by atoms with Crippen molar-refractivity contribution in [2.45, 2.75) is 50.9 Å². The summed E-state index contributed by atoms with van der Waals surface area (Å²) in [5, 5.41) is 6.28. The molecule has 4 unspecified atom stereocenters. The summed E-state index contributed by atoms with van der Waals surface area (Å²) in [5.41, 5.74) is 2.91. The van der Waals surface area contributed by atoms with Crippen LogP contribution in [0.3, 0.4) is 0 Å². The van der Waals surface area contributed by atoms with Crippen LogP contribution in [0.1, 0.15) is 25.0 Å². The molecular weight excluding hydrogens is 426 g/mol. The second-order valence-corrected chi connectivity index (χ2v) is 12.9. The number of piperazine rings is 1. The normalized spacial score (nSPS) is 31.8. The number of hydrogen-bond donors (Lipinski definition) is 2. The molecule has 1 aromatic rings. The Balaban J connectivity index is 1.59. The Morgan fingerprint density at radius 1 is 0.967 bits per heavy atom. The number of anilines is 1. The molecule has 8 nitrogen and oxygen atoms in total. The number of sulfone groups is 2. The van der Waals surface area contributed by atoms with Crippen LogP contribution in [0, 0.1) is 0 Å². The van der Waals surface area contributed by atoms with Crippen LogP contribution in [0.5, 0.6) is 0 Å². The number of amides is 1. The monoisotopic (exact) mass is 455 g/mol. The van der Waals surface area contributed by atoms with E-state index in [9.17, 15) is 21.6 Å². The van der Waals surface area contributed by atoms with Gasteiger partial charge in [-0.25, -0.2) is 16.8 Å². The number of carbonyl (C=O) groups excluding carboxylic acids is 1. The number of benzene rings is 1. The fourth-order valence-electron chi connectivity index (χ4n) is 5.13. The minimum atomic E-state index is -3.22. The van der Waals surface area contributed by atoms with Gasteiger partial charge in [-0.15, -0.1) is 0 Å². The van der Waals surface area contributed by atoms with Gasteiger partial charge >= 0.3 is 0 Å². The number of nitrogens with zero attached hydrogens (tertiary/aromatic N) is 1. The van der Waals surface area contributed by atoms with Crippen LogP contribution >= 0.6 is 0 Å². The first-order chi connectivity index (χ1) is 14.1. The largest absolute Gasteiger partial charge is 0.324 e. The third kappa shape index (κ3) is 4.15. The third-order valence-corrected chi connectivity index (χ3v) is 9.95. The van der Waals surface area contributed by atoms with Gasteiger partial charge in [0.15, 0.2) is 19.7 Å². The van der Waals surface area contributed by atoms with Crippen molar-refractivity contribution in [2.75, 3.05) is 34.9 Å². The minimum absolute atomic E-state index is 0.0162. The Morgan fingerprint density at radius 3 is 1.93 bits per heavy atom. The molecule has 3 fully saturated rings. The maximum Gasteiger partial charge on any atom is 0.238 e. The van der Waals surface area contributed by atoms with E-state index < -0.39 is 19.7 Å². The molecule has 2 N–H and O–H groups in total. The van der Waals surface area contributed by atoms with Gasteiger partial charge in [-0.3, -0.25) is 9.69 Å². The molecule has 10 heteroatoms. The molecule has 30 heavy (non-hydrogen) atoms. The van der Waals surface area contributed by atoms with Crippen molar-refractivity contribution < 1.29 is 21.6 Å². The molecule has 4 rings (SSSR count). The van der Waals surface area contributed by atoms with Crippen LogP contribution < -0.4 is 10.6 Å². The fourth-order valence-corrected chi connectivity index (χ4v) is 9.02. The van der Waals surface area contributed by atoms with Crippen LogP contribution in [-0.2, 0) is 37.3 Å². The van der Waals surface area contributed by atoms with E-state index in [4.69, 9.17) is 0 Å². The molecular formula is C20H29N3O5S2. The van der Waals surface area contributed by atoms with Crippen molar-refractivity contribution in [1.82, 2.24) is 10.2 Å². The van der Waals surface area contributed by atoms with E-state index in [1.807, 2.05) is 36.9 Å². The minimum Gasteiger partial charge on any atom is -0.324 e. The lowest BCUT2D eigenvalue weighted by Crippen LogP contribution is -2.67. The average molecular weight is 456 g/mol. The molecule has 4 atom stereocenters. The quantitative estimate of drug-likeness (QED) is 0.642. The third-order valence-electron chi connectivity index (χ3n) is 6.51. The zero-order valence-electron chi connectivity index (χ0n) is 17.3. The molecule has 0 spiro atoms. The number of aryl methyl sites for hydroxylation is 2. The lowest BCUT2D eigenvalue weighted by atomic mass is 9.97. The van der Waals surface area contributed by atoms with E-state index in [0.717, 1.165) is 29.7 Å². The highest BCUT2D eigenvalue weighted by Crippen LogP contribution is 2.32. The molecule has 0 radical (unpaired) electrons. The molecule has 3 aliphatic heterocycles. The van der Waals surface area contributed by atoms with Gasteiger partial charge in [-0.05, 0) is 24.0 Å².